The quantitative estimate of drug-likeness (QED) is 0.211. The molecule has 0 aromatic heterocycles. The SMILES string of the molecule is CCc1ccc(NC(=S)NCC2CCC(C(=O)NCNI)CC2)cc1. The lowest BCUT2D eigenvalue weighted by molar-refractivity contribution is -0.126. The summed E-state index contributed by atoms with van der Waals surface area (Å²) in [6, 6.07) is 8.35. The van der Waals surface area contributed by atoms with Gasteiger partial charge in [0.15, 0.2) is 5.11 Å². The molecule has 0 atom stereocenters. The van der Waals surface area contributed by atoms with Gasteiger partial charge in [-0.2, -0.15) is 0 Å². The fourth-order valence-corrected chi connectivity index (χ4v) is 3.52. The number of aryl methyl sites for hydroxylation is 1. The van der Waals surface area contributed by atoms with Crippen molar-refractivity contribution in [3.05, 3.63) is 29.8 Å². The van der Waals surface area contributed by atoms with Crippen molar-refractivity contribution in [1.82, 2.24) is 14.2 Å². The lowest BCUT2D eigenvalue weighted by atomic mass is 9.81. The van der Waals surface area contributed by atoms with Crippen molar-refractivity contribution in [3.63, 3.8) is 0 Å². The van der Waals surface area contributed by atoms with Crippen LogP contribution in [-0.2, 0) is 11.2 Å². The predicted octanol–water partition coefficient (Wildman–Crippen LogP) is 3.36. The number of hydrogen-bond donors (Lipinski definition) is 4. The van der Waals surface area contributed by atoms with Gasteiger partial charge in [-0.1, -0.05) is 19.1 Å². The van der Waals surface area contributed by atoms with Crippen molar-refractivity contribution >= 4 is 51.8 Å². The molecule has 0 aliphatic heterocycles. The summed E-state index contributed by atoms with van der Waals surface area (Å²) in [7, 11) is 0. The van der Waals surface area contributed by atoms with Crippen molar-refractivity contribution in [2.24, 2.45) is 11.8 Å². The lowest BCUT2D eigenvalue weighted by Crippen LogP contribution is -2.38. The molecule has 1 aliphatic rings. The third-order valence-corrected chi connectivity index (χ3v) is 5.35. The molecule has 7 heteroatoms. The Kier molecular flexibility index (Phi) is 8.91. The monoisotopic (exact) mass is 474 g/mol. The summed E-state index contributed by atoms with van der Waals surface area (Å²) in [4.78, 5) is 12.0. The first-order chi connectivity index (χ1) is 12.1. The zero-order valence-corrected chi connectivity index (χ0v) is 17.6. The first-order valence-electron chi connectivity index (χ1n) is 8.87. The number of benzene rings is 1. The number of amides is 1. The molecule has 25 heavy (non-hydrogen) atoms. The Morgan fingerprint density at radius 1 is 1.16 bits per heavy atom. The van der Waals surface area contributed by atoms with Gasteiger partial charge in [-0.15, -0.1) is 0 Å². The van der Waals surface area contributed by atoms with E-state index in [1.54, 1.807) is 0 Å². The highest BCUT2D eigenvalue weighted by Crippen LogP contribution is 2.28. The second-order valence-electron chi connectivity index (χ2n) is 6.45. The highest BCUT2D eigenvalue weighted by molar-refractivity contribution is 14.1. The number of thiocarbonyl (C=S) groups is 1. The van der Waals surface area contributed by atoms with Gasteiger partial charge in [0, 0.05) is 41.0 Å². The molecule has 1 saturated carbocycles. The minimum absolute atomic E-state index is 0.156. The van der Waals surface area contributed by atoms with E-state index in [-0.39, 0.29) is 11.8 Å². The predicted molar refractivity (Wildman–Crippen MR) is 116 cm³/mol. The minimum Gasteiger partial charge on any atom is -0.362 e. The summed E-state index contributed by atoms with van der Waals surface area (Å²) in [5.41, 5.74) is 2.33. The Hall–Kier alpha value is -0.930. The minimum atomic E-state index is 0.156. The van der Waals surface area contributed by atoms with E-state index in [1.165, 1.54) is 5.56 Å². The van der Waals surface area contributed by atoms with Crippen molar-refractivity contribution < 1.29 is 4.79 Å². The Labute approximate surface area is 169 Å². The molecule has 1 aromatic rings. The molecule has 0 radical (unpaired) electrons. The van der Waals surface area contributed by atoms with Gasteiger partial charge in [0.1, 0.15) is 0 Å². The van der Waals surface area contributed by atoms with Gasteiger partial charge in [0.2, 0.25) is 5.91 Å². The Morgan fingerprint density at radius 2 is 1.84 bits per heavy atom. The van der Waals surface area contributed by atoms with Gasteiger partial charge in [0.05, 0.1) is 6.67 Å². The summed E-state index contributed by atoms with van der Waals surface area (Å²) in [5, 5.41) is 10.1. The average molecular weight is 474 g/mol. The maximum absolute atomic E-state index is 12.0. The van der Waals surface area contributed by atoms with Gasteiger partial charge in [-0.05, 0) is 67.9 Å². The fraction of sp³-hybridized carbons (Fsp3) is 0.556. The summed E-state index contributed by atoms with van der Waals surface area (Å²) < 4.78 is 2.91. The normalized spacial score (nSPS) is 19.9. The van der Waals surface area contributed by atoms with E-state index in [2.05, 4.69) is 50.7 Å². The van der Waals surface area contributed by atoms with E-state index in [0.29, 0.717) is 17.7 Å². The first kappa shape index (κ1) is 20.4. The Bertz CT molecular complexity index is 559. The number of hydrogen-bond acceptors (Lipinski definition) is 3. The van der Waals surface area contributed by atoms with Crippen molar-refractivity contribution in [3.8, 4) is 0 Å². The molecule has 5 nitrogen and oxygen atoms in total. The molecular weight excluding hydrogens is 447 g/mol. The van der Waals surface area contributed by atoms with E-state index < -0.39 is 0 Å². The number of rotatable bonds is 7. The van der Waals surface area contributed by atoms with Gasteiger partial charge < -0.3 is 16.0 Å². The molecule has 1 aliphatic carbocycles. The molecule has 1 aromatic carbocycles. The maximum atomic E-state index is 12.0. The summed E-state index contributed by atoms with van der Waals surface area (Å²) >= 11 is 7.42. The van der Waals surface area contributed by atoms with Crippen LogP contribution in [0.15, 0.2) is 24.3 Å². The Balaban J connectivity index is 1.66. The van der Waals surface area contributed by atoms with Crippen LogP contribution in [0, 0.1) is 11.8 Å². The highest BCUT2D eigenvalue weighted by atomic mass is 127. The molecule has 2 rings (SSSR count). The zero-order chi connectivity index (χ0) is 18.1. The molecule has 0 unspecified atom stereocenters. The van der Waals surface area contributed by atoms with Crippen LogP contribution in [0.2, 0.25) is 0 Å². The standard InChI is InChI=1S/C18H27IN4OS/c1-2-13-5-9-16(10-6-13)23-18(25)20-11-14-3-7-15(8-4-14)17(24)21-12-22-19/h5-6,9-10,14-15,22H,2-4,7-8,11-12H2,1H3,(H,21,24)(H2,20,23,25). The second-order valence-corrected chi connectivity index (χ2v) is 7.63. The summed E-state index contributed by atoms with van der Waals surface area (Å²) in [5.74, 6) is 0.903. The van der Waals surface area contributed by atoms with Crippen molar-refractivity contribution in [1.29, 1.82) is 0 Å². The molecule has 1 fully saturated rings. The van der Waals surface area contributed by atoms with Crippen LogP contribution in [0.3, 0.4) is 0 Å². The van der Waals surface area contributed by atoms with Gasteiger partial charge in [-0.3, -0.25) is 4.79 Å². The fourth-order valence-electron chi connectivity index (χ4n) is 3.13. The van der Waals surface area contributed by atoms with Gasteiger partial charge >= 0.3 is 0 Å². The molecular formula is C18H27IN4OS. The largest absolute Gasteiger partial charge is 0.362 e. The molecule has 0 spiro atoms. The number of nitrogens with one attached hydrogen (secondary N) is 4. The van der Waals surface area contributed by atoms with Gasteiger partial charge in [0.25, 0.3) is 0 Å². The molecule has 138 valence electrons. The summed E-state index contributed by atoms with van der Waals surface area (Å²) in [6.45, 7) is 3.54. The van der Waals surface area contributed by atoms with Crippen LogP contribution >= 0.6 is 35.1 Å². The van der Waals surface area contributed by atoms with E-state index in [9.17, 15) is 4.79 Å². The van der Waals surface area contributed by atoms with Crippen LogP contribution in [0.5, 0.6) is 0 Å². The highest BCUT2D eigenvalue weighted by Gasteiger charge is 2.25. The number of anilines is 1. The van der Waals surface area contributed by atoms with Crippen LogP contribution < -0.4 is 19.5 Å². The second kappa shape index (κ2) is 10.9. The van der Waals surface area contributed by atoms with Crippen LogP contribution in [0.25, 0.3) is 0 Å². The summed E-state index contributed by atoms with van der Waals surface area (Å²) in [6.07, 6.45) is 5.08. The number of halogens is 1. The molecule has 4 N–H and O–H groups in total. The van der Waals surface area contributed by atoms with E-state index in [1.807, 2.05) is 22.9 Å². The smallest absolute Gasteiger partial charge is 0.224 e. The third kappa shape index (κ3) is 7.07. The molecule has 0 heterocycles. The van der Waals surface area contributed by atoms with Crippen LogP contribution in [0.1, 0.15) is 38.2 Å². The Morgan fingerprint density at radius 3 is 2.44 bits per heavy atom. The van der Waals surface area contributed by atoms with Gasteiger partial charge in [-0.25, -0.2) is 3.53 Å². The lowest BCUT2D eigenvalue weighted by Gasteiger charge is -2.28. The number of carbonyl (C=O) groups excluding carboxylic acids is 1. The maximum Gasteiger partial charge on any atom is 0.224 e. The van der Waals surface area contributed by atoms with Crippen LogP contribution in [0.4, 0.5) is 5.69 Å². The van der Waals surface area contributed by atoms with Crippen LogP contribution in [-0.4, -0.2) is 24.2 Å². The number of carbonyl (C=O) groups is 1. The average Bonchev–Trinajstić information content (AvgIpc) is 2.65. The van der Waals surface area contributed by atoms with Crippen molar-refractivity contribution in [2.75, 3.05) is 18.5 Å². The molecule has 0 bridgehead atoms. The van der Waals surface area contributed by atoms with E-state index >= 15 is 0 Å². The van der Waals surface area contributed by atoms with E-state index in [4.69, 9.17) is 12.2 Å². The van der Waals surface area contributed by atoms with Crippen molar-refractivity contribution in [2.45, 2.75) is 39.0 Å². The molecule has 0 saturated heterocycles. The third-order valence-electron chi connectivity index (χ3n) is 4.72. The first-order valence-corrected chi connectivity index (χ1v) is 10.4. The molecule has 1 amide bonds. The topological polar surface area (TPSA) is 65.2 Å². The van der Waals surface area contributed by atoms with E-state index in [0.717, 1.165) is 44.3 Å². The zero-order valence-electron chi connectivity index (χ0n) is 14.6.